The Balaban J connectivity index is 1.55. The number of hydrogen-bond acceptors (Lipinski definition) is 5. The number of aromatic nitrogens is 2. The Labute approximate surface area is 132 Å². The largest absolute Gasteiger partial charge is 0.389 e. The highest BCUT2D eigenvalue weighted by atomic mass is 16.5. The molecule has 22 heavy (non-hydrogen) atoms. The fraction of sp³-hybridized carbons (Fsp3) is 0.765. The Hall–Kier alpha value is -1.04. The molecule has 5 nitrogen and oxygen atoms in total. The van der Waals surface area contributed by atoms with Gasteiger partial charge in [0.15, 0.2) is 0 Å². The highest BCUT2D eigenvalue weighted by Gasteiger charge is 2.31. The van der Waals surface area contributed by atoms with E-state index in [-0.39, 0.29) is 12.2 Å². The quantitative estimate of drug-likeness (QED) is 0.903. The van der Waals surface area contributed by atoms with Crippen molar-refractivity contribution in [1.82, 2.24) is 14.9 Å². The summed E-state index contributed by atoms with van der Waals surface area (Å²) in [6.07, 6.45) is 9.89. The Bertz CT molecular complexity index is 459. The first-order valence-corrected chi connectivity index (χ1v) is 8.59. The number of rotatable bonds is 5. The maximum atomic E-state index is 9.98. The van der Waals surface area contributed by atoms with Gasteiger partial charge in [0.25, 0.3) is 0 Å². The monoisotopic (exact) mass is 305 g/mol. The van der Waals surface area contributed by atoms with Crippen LogP contribution in [0, 0.1) is 0 Å². The van der Waals surface area contributed by atoms with Gasteiger partial charge in [-0.05, 0) is 19.8 Å². The van der Waals surface area contributed by atoms with E-state index in [1.165, 1.54) is 32.1 Å². The molecule has 0 bridgehead atoms. The van der Waals surface area contributed by atoms with Crippen LogP contribution < -0.4 is 0 Å². The number of hydrogen-bond donors (Lipinski definition) is 1. The first kappa shape index (κ1) is 15.8. The third kappa shape index (κ3) is 3.83. The normalized spacial score (nSPS) is 27.4. The van der Waals surface area contributed by atoms with Gasteiger partial charge in [0.2, 0.25) is 0 Å². The molecule has 2 aliphatic rings. The molecule has 0 radical (unpaired) electrons. The molecule has 1 aliphatic carbocycles. The van der Waals surface area contributed by atoms with Crippen molar-refractivity contribution in [3.63, 3.8) is 0 Å². The number of aliphatic hydroxyl groups is 1. The topological polar surface area (TPSA) is 58.5 Å². The number of likely N-dealkylation sites (tertiary alicyclic amines) is 1. The second-order valence-electron chi connectivity index (χ2n) is 6.54. The lowest BCUT2D eigenvalue weighted by Crippen LogP contribution is -2.26. The van der Waals surface area contributed by atoms with Crippen LogP contribution in [0.15, 0.2) is 12.4 Å². The van der Waals surface area contributed by atoms with Gasteiger partial charge < -0.3 is 9.84 Å². The van der Waals surface area contributed by atoms with E-state index in [0.717, 1.165) is 24.5 Å². The summed E-state index contributed by atoms with van der Waals surface area (Å²) in [6.45, 7) is 4.84. The number of β-amino-alcohol motifs (C(OH)–C–C–N with tert-alkyl or cyclic N) is 1. The predicted octanol–water partition coefficient (Wildman–Crippen LogP) is 2.11. The van der Waals surface area contributed by atoms with Crippen LogP contribution in [-0.4, -0.2) is 51.9 Å². The summed E-state index contributed by atoms with van der Waals surface area (Å²) < 4.78 is 5.56. The molecule has 122 valence electrons. The van der Waals surface area contributed by atoms with Crippen LogP contribution in [0.2, 0.25) is 0 Å². The van der Waals surface area contributed by atoms with Crippen LogP contribution in [0.5, 0.6) is 0 Å². The van der Waals surface area contributed by atoms with Gasteiger partial charge in [0, 0.05) is 50.1 Å². The Kier molecular flexibility index (Phi) is 5.39. The molecule has 1 N–H and O–H groups in total. The smallest absolute Gasteiger partial charge is 0.131 e. The lowest BCUT2D eigenvalue weighted by atomic mass is 9.89. The highest BCUT2D eigenvalue weighted by molar-refractivity contribution is 5.08. The highest BCUT2D eigenvalue weighted by Crippen LogP contribution is 2.30. The summed E-state index contributed by atoms with van der Waals surface area (Å²) in [5.74, 6) is 1.57. The van der Waals surface area contributed by atoms with Gasteiger partial charge in [-0.25, -0.2) is 9.97 Å². The molecule has 2 fully saturated rings. The van der Waals surface area contributed by atoms with Crippen molar-refractivity contribution in [2.45, 2.75) is 63.7 Å². The van der Waals surface area contributed by atoms with Crippen molar-refractivity contribution in [2.24, 2.45) is 0 Å². The van der Waals surface area contributed by atoms with Gasteiger partial charge >= 0.3 is 0 Å². The molecule has 0 amide bonds. The SMILES string of the molecule is CCO[C@@H]1CN(Cc2cnc(C3CCCCC3)nc2)C[C@H]1O. The van der Waals surface area contributed by atoms with Crippen LogP contribution in [0.3, 0.4) is 0 Å². The van der Waals surface area contributed by atoms with E-state index in [4.69, 9.17) is 4.74 Å². The van der Waals surface area contributed by atoms with Gasteiger partial charge in [0.05, 0.1) is 12.2 Å². The third-order valence-corrected chi connectivity index (χ3v) is 4.80. The zero-order valence-electron chi connectivity index (χ0n) is 13.4. The van der Waals surface area contributed by atoms with E-state index in [1.54, 1.807) is 0 Å². The minimum Gasteiger partial charge on any atom is -0.389 e. The van der Waals surface area contributed by atoms with Crippen molar-refractivity contribution < 1.29 is 9.84 Å². The van der Waals surface area contributed by atoms with Crippen LogP contribution in [0.25, 0.3) is 0 Å². The molecule has 1 aliphatic heterocycles. The zero-order valence-corrected chi connectivity index (χ0v) is 13.4. The van der Waals surface area contributed by atoms with Crippen LogP contribution in [-0.2, 0) is 11.3 Å². The van der Waals surface area contributed by atoms with E-state index in [0.29, 0.717) is 19.1 Å². The second-order valence-corrected chi connectivity index (χ2v) is 6.54. The molecule has 1 saturated carbocycles. The summed E-state index contributed by atoms with van der Waals surface area (Å²) >= 11 is 0. The summed E-state index contributed by atoms with van der Waals surface area (Å²) in [5.41, 5.74) is 1.11. The lowest BCUT2D eigenvalue weighted by Gasteiger charge is -2.20. The summed E-state index contributed by atoms with van der Waals surface area (Å²) in [7, 11) is 0. The fourth-order valence-electron chi connectivity index (χ4n) is 3.62. The number of ether oxygens (including phenoxy) is 1. The van der Waals surface area contributed by atoms with Gasteiger partial charge in [0.1, 0.15) is 5.82 Å². The summed E-state index contributed by atoms with van der Waals surface area (Å²) in [5, 5.41) is 9.98. The van der Waals surface area contributed by atoms with Gasteiger partial charge in [-0.2, -0.15) is 0 Å². The van der Waals surface area contributed by atoms with Crippen molar-refractivity contribution >= 4 is 0 Å². The molecular formula is C17H27N3O2. The van der Waals surface area contributed by atoms with Crippen LogP contribution >= 0.6 is 0 Å². The van der Waals surface area contributed by atoms with Crippen molar-refractivity contribution in [3.05, 3.63) is 23.8 Å². The first-order chi connectivity index (χ1) is 10.8. The van der Waals surface area contributed by atoms with E-state index in [9.17, 15) is 5.11 Å². The van der Waals surface area contributed by atoms with E-state index in [1.807, 2.05) is 19.3 Å². The fourth-order valence-corrected chi connectivity index (χ4v) is 3.62. The molecule has 5 heteroatoms. The average molecular weight is 305 g/mol. The van der Waals surface area contributed by atoms with Gasteiger partial charge in [-0.3, -0.25) is 4.90 Å². The van der Waals surface area contributed by atoms with Gasteiger partial charge in [-0.1, -0.05) is 19.3 Å². The number of nitrogens with zero attached hydrogens (tertiary/aromatic N) is 3. The first-order valence-electron chi connectivity index (χ1n) is 8.59. The maximum absolute atomic E-state index is 9.98. The Morgan fingerprint density at radius 2 is 1.91 bits per heavy atom. The van der Waals surface area contributed by atoms with Gasteiger partial charge in [-0.15, -0.1) is 0 Å². The minimum atomic E-state index is -0.387. The Morgan fingerprint density at radius 3 is 2.59 bits per heavy atom. The van der Waals surface area contributed by atoms with Crippen LogP contribution in [0.1, 0.15) is 56.3 Å². The van der Waals surface area contributed by atoms with Crippen molar-refractivity contribution in [1.29, 1.82) is 0 Å². The Morgan fingerprint density at radius 1 is 1.18 bits per heavy atom. The van der Waals surface area contributed by atoms with E-state index in [2.05, 4.69) is 14.9 Å². The summed E-state index contributed by atoms with van der Waals surface area (Å²) in [4.78, 5) is 11.4. The second kappa shape index (κ2) is 7.49. The molecule has 1 aromatic rings. The van der Waals surface area contributed by atoms with E-state index >= 15 is 0 Å². The maximum Gasteiger partial charge on any atom is 0.131 e. The third-order valence-electron chi connectivity index (χ3n) is 4.80. The van der Waals surface area contributed by atoms with E-state index < -0.39 is 0 Å². The average Bonchev–Trinajstić information content (AvgIpc) is 2.89. The molecular weight excluding hydrogens is 278 g/mol. The minimum absolute atomic E-state index is 0.0626. The number of aliphatic hydroxyl groups excluding tert-OH is 1. The van der Waals surface area contributed by atoms with Crippen molar-refractivity contribution in [2.75, 3.05) is 19.7 Å². The molecule has 2 atom stereocenters. The zero-order chi connectivity index (χ0) is 15.4. The molecule has 1 aromatic heterocycles. The van der Waals surface area contributed by atoms with Crippen molar-refractivity contribution in [3.8, 4) is 0 Å². The molecule has 1 saturated heterocycles. The summed E-state index contributed by atoms with van der Waals surface area (Å²) in [6, 6.07) is 0. The standard InChI is InChI=1S/C17H27N3O2/c1-2-22-16-12-20(11-15(16)21)10-13-8-18-17(19-9-13)14-6-4-3-5-7-14/h8-9,14-16,21H,2-7,10-12H2,1H3/t15-,16-/m1/s1. The molecule has 3 rings (SSSR count). The van der Waals surface area contributed by atoms with Crippen LogP contribution in [0.4, 0.5) is 0 Å². The predicted molar refractivity (Wildman–Crippen MR) is 84.6 cm³/mol. The lowest BCUT2D eigenvalue weighted by molar-refractivity contribution is -0.00245. The molecule has 2 heterocycles. The molecule has 0 spiro atoms. The molecule has 0 aromatic carbocycles. The molecule has 0 unspecified atom stereocenters.